The predicted molar refractivity (Wildman–Crippen MR) is 110 cm³/mol. The van der Waals surface area contributed by atoms with Crippen LogP contribution in [0.5, 0.6) is 5.75 Å². The van der Waals surface area contributed by atoms with Crippen LogP contribution in [-0.4, -0.2) is 39.3 Å². The van der Waals surface area contributed by atoms with Crippen molar-refractivity contribution in [1.82, 2.24) is 0 Å². The van der Waals surface area contributed by atoms with Crippen LogP contribution < -0.4 is 15.0 Å². The first-order valence-corrected chi connectivity index (χ1v) is 9.38. The lowest BCUT2D eigenvalue weighted by atomic mass is 10.1. The van der Waals surface area contributed by atoms with Gasteiger partial charge in [0.05, 0.1) is 20.3 Å². The van der Waals surface area contributed by atoms with Gasteiger partial charge in [0.25, 0.3) is 5.91 Å². The lowest BCUT2D eigenvalue weighted by Gasteiger charge is -2.29. The molecule has 1 amide bonds. The molecule has 6 heteroatoms. The van der Waals surface area contributed by atoms with Crippen LogP contribution >= 0.6 is 0 Å². The standard InChI is InChI=1S/C22H24N2O4/c1-14-12-16(24-8-10-27-11-9-24)4-6-19(14)23-22(25)21-15(2)18-13-17(26-3)5-7-20(18)28-21/h4-7,12-13H,8-11H2,1-3H3,(H,23,25). The Hall–Kier alpha value is -2.99. The summed E-state index contributed by atoms with van der Waals surface area (Å²) >= 11 is 0. The molecule has 0 radical (unpaired) electrons. The zero-order valence-electron chi connectivity index (χ0n) is 16.4. The molecule has 0 bridgehead atoms. The molecule has 146 valence electrons. The van der Waals surface area contributed by atoms with E-state index in [1.807, 2.05) is 44.2 Å². The monoisotopic (exact) mass is 380 g/mol. The summed E-state index contributed by atoms with van der Waals surface area (Å²) in [7, 11) is 1.62. The molecule has 0 unspecified atom stereocenters. The number of aryl methyl sites for hydroxylation is 2. The summed E-state index contributed by atoms with van der Waals surface area (Å²) in [5, 5.41) is 3.86. The minimum absolute atomic E-state index is 0.255. The highest BCUT2D eigenvalue weighted by atomic mass is 16.5. The number of nitrogens with zero attached hydrogens (tertiary/aromatic N) is 1. The highest BCUT2D eigenvalue weighted by molar-refractivity contribution is 6.07. The third kappa shape index (κ3) is 3.43. The van der Waals surface area contributed by atoms with Crippen molar-refractivity contribution in [2.45, 2.75) is 13.8 Å². The molecule has 0 aliphatic carbocycles. The van der Waals surface area contributed by atoms with Gasteiger partial charge in [-0.3, -0.25) is 4.79 Å². The Bertz CT molecular complexity index is 1020. The summed E-state index contributed by atoms with van der Waals surface area (Å²) in [4.78, 5) is 15.1. The Labute approximate surface area is 164 Å². The van der Waals surface area contributed by atoms with Crippen molar-refractivity contribution in [3.8, 4) is 5.75 Å². The number of methoxy groups -OCH3 is 1. The molecule has 1 aliphatic rings. The fourth-order valence-corrected chi connectivity index (χ4v) is 3.53. The van der Waals surface area contributed by atoms with Crippen molar-refractivity contribution in [1.29, 1.82) is 0 Å². The van der Waals surface area contributed by atoms with E-state index in [0.717, 1.165) is 59.9 Å². The number of rotatable bonds is 4. The minimum atomic E-state index is -0.255. The first kappa shape index (κ1) is 18.4. The molecule has 4 rings (SSSR count). The Morgan fingerprint density at radius 3 is 2.61 bits per heavy atom. The van der Waals surface area contributed by atoms with Crippen molar-refractivity contribution in [2.75, 3.05) is 43.6 Å². The van der Waals surface area contributed by atoms with Crippen LogP contribution in [0.1, 0.15) is 21.7 Å². The number of morpholine rings is 1. The zero-order chi connectivity index (χ0) is 19.7. The maximum atomic E-state index is 12.8. The Morgan fingerprint density at radius 1 is 1.11 bits per heavy atom. The van der Waals surface area contributed by atoms with Gasteiger partial charge in [-0.15, -0.1) is 0 Å². The van der Waals surface area contributed by atoms with Crippen molar-refractivity contribution < 1.29 is 18.7 Å². The molecule has 3 aromatic rings. The lowest BCUT2D eigenvalue weighted by Crippen LogP contribution is -2.36. The van der Waals surface area contributed by atoms with Crippen molar-refractivity contribution >= 4 is 28.3 Å². The fraction of sp³-hybridized carbons (Fsp3) is 0.318. The summed E-state index contributed by atoms with van der Waals surface area (Å²) < 4.78 is 16.5. The van der Waals surface area contributed by atoms with E-state index in [9.17, 15) is 4.79 Å². The molecule has 0 atom stereocenters. The van der Waals surface area contributed by atoms with Crippen LogP contribution in [0, 0.1) is 13.8 Å². The van der Waals surface area contributed by atoms with Crippen LogP contribution in [0.3, 0.4) is 0 Å². The number of hydrogen-bond acceptors (Lipinski definition) is 5. The van der Waals surface area contributed by atoms with Crippen LogP contribution in [0.4, 0.5) is 11.4 Å². The summed E-state index contributed by atoms with van der Waals surface area (Å²) in [5.41, 5.74) is 4.40. The molecule has 0 saturated carbocycles. The van der Waals surface area contributed by atoms with Gasteiger partial charge >= 0.3 is 0 Å². The summed E-state index contributed by atoms with van der Waals surface area (Å²) in [6.45, 7) is 7.13. The van der Waals surface area contributed by atoms with Gasteiger partial charge in [0, 0.05) is 35.4 Å². The molecular formula is C22H24N2O4. The third-order valence-electron chi connectivity index (χ3n) is 5.18. The summed E-state index contributed by atoms with van der Waals surface area (Å²) in [6, 6.07) is 11.6. The number of carbonyl (C=O) groups is 1. The number of hydrogen-bond donors (Lipinski definition) is 1. The number of furan rings is 1. The van der Waals surface area contributed by atoms with Gasteiger partial charge in [0.2, 0.25) is 0 Å². The fourth-order valence-electron chi connectivity index (χ4n) is 3.53. The Balaban J connectivity index is 1.56. The van der Waals surface area contributed by atoms with Crippen LogP contribution in [0.2, 0.25) is 0 Å². The van der Waals surface area contributed by atoms with Crippen LogP contribution in [0.25, 0.3) is 11.0 Å². The molecule has 2 heterocycles. The highest BCUT2D eigenvalue weighted by Gasteiger charge is 2.19. The third-order valence-corrected chi connectivity index (χ3v) is 5.18. The van der Waals surface area contributed by atoms with E-state index in [1.165, 1.54) is 0 Å². The summed E-state index contributed by atoms with van der Waals surface area (Å²) in [5.74, 6) is 0.799. The number of ether oxygens (including phenoxy) is 2. The molecule has 1 N–H and O–H groups in total. The molecule has 0 spiro atoms. The maximum Gasteiger partial charge on any atom is 0.291 e. The van der Waals surface area contributed by atoms with E-state index in [4.69, 9.17) is 13.9 Å². The van der Waals surface area contributed by atoms with Crippen molar-refractivity contribution in [3.05, 3.63) is 53.3 Å². The molecular weight excluding hydrogens is 356 g/mol. The van der Waals surface area contributed by atoms with E-state index < -0.39 is 0 Å². The molecule has 1 aromatic heterocycles. The highest BCUT2D eigenvalue weighted by Crippen LogP contribution is 2.30. The minimum Gasteiger partial charge on any atom is -0.497 e. The maximum absolute atomic E-state index is 12.8. The first-order valence-electron chi connectivity index (χ1n) is 9.38. The molecule has 2 aromatic carbocycles. The van der Waals surface area contributed by atoms with Crippen LogP contribution in [0.15, 0.2) is 40.8 Å². The first-order chi connectivity index (χ1) is 13.6. The smallest absolute Gasteiger partial charge is 0.291 e. The quantitative estimate of drug-likeness (QED) is 0.737. The van der Waals surface area contributed by atoms with Crippen molar-refractivity contribution in [3.63, 3.8) is 0 Å². The Kier molecular flexibility index (Phi) is 4.96. The van der Waals surface area contributed by atoms with E-state index in [-0.39, 0.29) is 5.91 Å². The molecule has 1 saturated heterocycles. The van der Waals surface area contributed by atoms with E-state index >= 15 is 0 Å². The van der Waals surface area contributed by atoms with Crippen LogP contribution in [-0.2, 0) is 4.74 Å². The topological polar surface area (TPSA) is 63.9 Å². The second kappa shape index (κ2) is 7.56. The second-order valence-electron chi connectivity index (χ2n) is 6.97. The lowest BCUT2D eigenvalue weighted by molar-refractivity contribution is 0.0998. The van der Waals surface area contributed by atoms with Gasteiger partial charge in [-0.1, -0.05) is 0 Å². The number of benzene rings is 2. The van der Waals surface area contributed by atoms with Gasteiger partial charge < -0.3 is 24.1 Å². The number of nitrogens with one attached hydrogen (secondary N) is 1. The van der Waals surface area contributed by atoms with Gasteiger partial charge in [-0.2, -0.15) is 0 Å². The SMILES string of the molecule is COc1ccc2oc(C(=O)Nc3ccc(N4CCOCC4)cc3C)c(C)c2c1. The average molecular weight is 380 g/mol. The molecule has 1 fully saturated rings. The molecule has 28 heavy (non-hydrogen) atoms. The number of carbonyl (C=O) groups excluding carboxylic acids is 1. The van der Waals surface area contributed by atoms with E-state index in [2.05, 4.69) is 16.3 Å². The van der Waals surface area contributed by atoms with Gasteiger partial charge in [0.15, 0.2) is 5.76 Å². The summed E-state index contributed by atoms with van der Waals surface area (Å²) in [6.07, 6.45) is 0. The van der Waals surface area contributed by atoms with Gasteiger partial charge in [-0.05, 0) is 55.8 Å². The number of anilines is 2. The van der Waals surface area contributed by atoms with Gasteiger partial charge in [0.1, 0.15) is 11.3 Å². The number of amides is 1. The predicted octanol–water partition coefficient (Wildman–Crippen LogP) is 4.15. The molecule has 1 aliphatic heterocycles. The normalized spacial score (nSPS) is 14.3. The largest absolute Gasteiger partial charge is 0.497 e. The van der Waals surface area contributed by atoms with Gasteiger partial charge in [-0.25, -0.2) is 0 Å². The second-order valence-corrected chi connectivity index (χ2v) is 6.97. The Morgan fingerprint density at radius 2 is 1.89 bits per heavy atom. The van der Waals surface area contributed by atoms with Crippen molar-refractivity contribution in [2.24, 2.45) is 0 Å². The van der Waals surface area contributed by atoms with E-state index in [1.54, 1.807) is 7.11 Å². The van der Waals surface area contributed by atoms with E-state index in [0.29, 0.717) is 11.3 Å². The zero-order valence-corrected chi connectivity index (χ0v) is 16.4. The average Bonchev–Trinajstić information content (AvgIpc) is 3.06. The number of fused-ring (bicyclic) bond motifs is 1. The molecule has 6 nitrogen and oxygen atoms in total.